The molecule has 0 aliphatic rings. The summed E-state index contributed by atoms with van der Waals surface area (Å²) in [6, 6.07) is 6.70. The Labute approximate surface area is 213 Å². The monoisotopic (exact) mass is 507 g/mol. The minimum absolute atomic E-state index is 0. The summed E-state index contributed by atoms with van der Waals surface area (Å²) >= 11 is 17.9. The molecule has 0 atom stereocenters. The van der Waals surface area contributed by atoms with Gasteiger partial charge in [-0.3, -0.25) is 0 Å². The van der Waals surface area contributed by atoms with Crippen LogP contribution in [0.1, 0.15) is 11.1 Å². The van der Waals surface area contributed by atoms with E-state index in [9.17, 15) is 23.3 Å². The normalized spacial score (nSPS) is 11.4. The molecule has 0 saturated carbocycles. The third-order valence-corrected chi connectivity index (χ3v) is 5.79. The first-order valence-corrected chi connectivity index (χ1v) is 10.4. The zero-order valence-electron chi connectivity index (χ0n) is 15.8. The van der Waals surface area contributed by atoms with Crippen LogP contribution in [0.5, 0.6) is 5.75 Å². The maximum absolute atomic E-state index is 11.3. The molecule has 0 saturated heterocycles. The number of aromatic nitrogens is 2. The Hall–Kier alpha value is -1.68. The first kappa shape index (κ1) is 25.6. The fraction of sp³-hybridized carbons (Fsp3) is 0.0588. The van der Waals surface area contributed by atoms with Crippen molar-refractivity contribution in [3.8, 4) is 17.5 Å². The third kappa shape index (κ3) is 5.39. The number of nitrogens with zero attached hydrogens (tertiary/aromatic N) is 5. The van der Waals surface area contributed by atoms with Crippen LogP contribution in [0.3, 0.4) is 0 Å². The Morgan fingerprint density at radius 3 is 2.42 bits per heavy atom. The first-order valence-electron chi connectivity index (χ1n) is 7.87. The molecule has 2 aromatic carbocycles. The number of phenolic OH excluding ortho intramolecular Hbond substituents is 1. The van der Waals surface area contributed by atoms with Crippen molar-refractivity contribution in [3.63, 3.8) is 0 Å². The molecule has 0 bridgehead atoms. The number of azo groups is 1. The van der Waals surface area contributed by atoms with Gasteiger partial charge in [0.1, 0.15) is 27.5 Å². The van der Waals surface area contributed by atoms with Crippen molar-refractivity contribution < 1.29 is 47.6 Å². The Morgan fingerprint density at radius 1 is 1.13 bits per heavy atom. The van der Waals surface area contributed by atoms with Gasteiger partial charge in [0.25, 0.3) is 0 Å². The molecule has 0 amide bonds. The van der Waals surface area contributed by atoms with Gasteiger partial charge in [-0.05, 0) is 36.8 Å². The minimum Gasteiger partial charge on any atom is -0.744 e. The standard InChI is InChI=1S/C17H10Cl3N5O4S.Na/c1-8-2-15(26)11(19)3-13(8)23-24-17-9(6-21)7-22-25(17)14-4-12(20)16(5-10(14)18)30(27,28)29;/h2-5,7,26H,1H3,(H,27,28,29);/q;+1/p-1. The molecule has 3 aromatic rings. The van der Waals surface area contributed by atoms with E-state index in [2.05, 4.69) is 15.3 Å². The Balaban J connectivity index is 0.00000341. The van der Waals surface area contributed by atoms with Crippen LogP contribution in [-0.2, 0) is 10.1 Å². The molecule has 0 aliphatic heterocycles. The van der Waals surface area contributed by atoms with Gasteiger partial charge in [0.2, 0.25) is 0 Å². The molecule has 0 fully saturated rings. The fourth-order valence-corrected chi connectivity index (χ4v) is 3.90. The van der Waals surface area contributed by atoms with Gasteiger partial charge < -0.3 is 9.66 Å². The Morgan fingerprint density at radius 2 is 1.81 bits per heavy atom. The van der Waals surface area contributed by atoms with Crippen LogP contribution in [0.25, 0.3) is 5.69 Å². The van der Waals surface area contributed by atoms with Crippen LogP contribution < -0.4 is 29.6 Å². The van der Waals surface area contributed by atoms with Crippen LogP contribution in [0, 0.1) is 18.3 Å². The third-order valence-electron chi connectivity index (χ3n) is 3.88. The second-order valence-electron chi connectivity index (χ2n) is 5.88. The average molecular weight is 509 g/mol. The summed E-state index contributed by atoms with van der Waals surface area (Å²) in [4.78, 5) is -0.692. The summed E-state index contributed by atoms with van der Waals surface area (Å²) in [5, 5.41) is 30.6. The van der Waals surface area contributed by atoms with E-state index < -0.39 is 15.0 Å². The molecule has 0 aliphatic carbocycles. The molecule has 0 unspecified atom stereocenters. The number of aromatic hydroxyl groups is 1. The van der Waals surface area contributed by atoms with Crippen LogP contribution in [0.2, 0.25) is 15.1 Å². The van der Waals surface area contributed by atoms with Gasteiger partial charge in [0.05, 0.1) is 37.5 Å². The molecule has 0 spiro atoms. The summed E-state index contributed by atoms with van der Waals surface area (Å²) < 4.78 is 35.0. The predicted octanol–water partition coefficient (Wildman–Crippen LogP) is 2.04. The number of hydrogen-bond donors (Lipinski definition) is 1. The van der Waals surface area contributed by atoms with Crippen molar-refractivity contribution in [1.29, 1.82) is 5.26 Å². The van der Waals surface area contributed by atoms with Crippen molar-refractivity contribution in [2.45, 2.75) is 11.8 Å². The quantitative estimate of drug-likeness (QED) is 0.324. The SMILES string of the molecule is Cc1cc(O)c(Cl)cc1N=Nc1c(C#N)cnn1-c1cc(Cl)c(S(=O)(=O)[O-])cc1Cl.[Na+]. The zero-order chi connectivity index (χ0) is 22.2. The van der Waals surface area contributed by atoms with E-state index in [4.69, 9.17) is 34.8 Å². The fourth-order valence-electron chi connectivity index (χ4n) is 2.43. The van der Waals surface area contributed by atoms with Crippen LogP contribution in [0.4, 0.5) is 11.5 Å². The summed E-state index contributed by atoms with van der Waals surface area (Å²) in [7, 11) is -4.85. The van der Waals surface area contributed by atoms with Gasteiger partial charge in [-0.15, -0.1) is 10.2 Å². The molecule has 3 rings (SSSR count). The van der Waals surface area contributed by atoms with E-state index in [-0.39, 0.29) is 67.4 Å². The van der Waals surface area contributed by atoms with E-state index in [1.165, 1.54) is 18.3 Å². The van der Waals surface area contributed by atoms with Gasteiger partial charge in [-0.25, -0.2) is 13.1 Å². The predicted molar refractivity (Wildman–Crippen MR) is 108 cm³/mol. The van der Waals surface area contributed by atoms with Gasteiger partial charge in [-0.1, -0.05) is 34.8 Å². The van der Waals surface area contributed by atoms with Crippen LogP contribution >= 0.6 is 34.8 Å². The minimum atomic E-state index is -4.85. The van der Waals surface area contributed by atoms with Crippen molar-refractivity contribution in [2.75, 3.05) is 0 Å². The number of rotatable bonds is 4. The van der Waals surface area contributed by atoms with Crippen molar-refractivity contribution in [3.05, 3.63) is 56.7 Å². The zero-order valence-corrected chi connectivity index (χ0v) is 20.9. The number of nitriles is 1. The van der Waals surface area contributed by atoms with Gasteiger partial charge >= 0.3 is 29.6 Å². The first-order chi connectivity index (χ1) is 14.0. The molecule has 9 nitrogen and oxygen atoms in total. The second-order valence-corrected chi connectivity index (χ2v) is 8.45. The summed E-state index contributed by atoms with van der Waals surface area (Å²) in [5.41, 5.74) is 1.00. The van der Waals surface area contributed by atoms with Gasteiger partial charge in [0, 0.05) is 0 Å². The summed E-state index contributed by atoms with van der Waals surface area (Å²) in [6.45, 7) is 1.67. The van der Waals surface area contributed by atoms with Gasteiger partial charge in [-0.2, -0.15) is 10.4 Å². The molecular weight excluding hydrogens is 500 g/mol. The maximum atomic E-state index is 11.3. The number of halogens is 3. The van der Waals surface area contributed by atoms with E-state index in [0.29, 0.717) is 11.3 Å². The van der Waals surface area contributed by atoms with Crippen molar-refractivity contribution >= 4 is 56.4 Å². The van der Waals surface area contributed by atoms with Crippen LogP contribution in [0.15, 0.2) is 45.6 Å². The Kier molecular flexibility index (Phi) is 8.13. The number of benzene rings is 2. The smallest absolute Gasteiger partial charge is 0.744 e. The average Bonchev–Trinajstić information content (AvgIpc) is 3.07. The van der Waals surface area contributed by atoms with Crippen molar-refractivity contribution in [2.24, 2.45) is 10.2 Å². The Bertz CT molecular complexity index is 1350. The summed E-state index contributed by atoms with van der Waals surface area (Å²) in [6.07, 6.45) is 1.20. The van der Waals surface area contributed by atoms with E-state index >= 15 is 0 Å². The largest absolute Gasteiger partial charge is 1.00 e. The van der Waals surface area contributed by atoms with E-state index in [1.807, 2.05) is 6.07 Å². The molecule has 1 aromatic heterocycles. The molecule has 1 N–H and O–H groups in total. The van der Waals surface area contributed by atoms with E-state index in [1.54, 1.807) is 6.92 Å². The second kappa shape index (κ2) is 9.85. The molecule has 1 heterocycles. The molecule has 31 heavy (non-hydrogen) atoms. The van der Waals surface area contributed by atoms with Crippen molar-refractivity contribution in [1.82, 2.24) is 9.78 Å². The number of phenols is 1. The van der Waals surface area contributed by atoms with Crippen LogP contribution in [-0.4, -0.2) is 27.9 Å². The van der Waals surface area contributed by atoms with Gasteiger partial charge in [0.15, 0.2) is 5.82 Å². The molecule has 154 valence electrons. The molecular formula is C17H9Cl3N5NaO4S. The van der Waals surface area contributed by atoms with E-state index in [0.717, 1.165) is 16.8 Å². The topological polar surface area (TPSA) is 144 Å². The number of hydrogen-bond acceptors (Lipinski definition) is 8. The number of aryl methyl sites for hydroxylation is 1. The maximum Gasteiger partial charge on any atom is 1.00 e. The summed E-state index contributed by atoms with van der Waals surface area (Å²) in [5.74, 6) is -0.150. The molecule has 0 radical (unpaired) electrons. The molecule has 14 heteroatoms.